The molecular formula is C24H26ClN9O. The number of nitrogens with one attached hydrogen (secondary N) is 1. The molecule has 4 heterocycles. The second-order valence-corrected chi connectivity index (χ2v) is 8.26. The summed E-state index contributed by atoms with van der Waals surface area (Å²) in [6, 6.07) is 3.48. The van der Waals surface area contributed by atoms with Crippen molar-refractivity contribution >= 4 is 23.1 Å². The van der Waals surface area contributed by atoms with Gasteiger partial charge in [0.1, 0.15) is 16.5 Å². The van der Waals surface area contributed by atoms with Crippen LogP contribution in [0.5, 0.6) is 5.88 Å². The Balaban J connectivity index is 1.43. The number of aromatic nitrogens is 7. The summed E-state index contributed by atoms with van der Waals surface area (Å²) < 4.78 is 9.61. The van der Waals surface area contributed by atoms with Gasteiger partial charge >= 0.3 is 0 Å². The van der Waals surface area contributed by atoms with Crippen molar-refractivity contribution in [3.63, 3.8) is 0 Å². The van der Waals surface area contributed by atoms with Gasteiger partial charge < -0.3 is 15.8 Å². The Hall–Kier alpha value is -4.10. The van der Waals surface area contributed by atoms with E-state index < -0.39 is 0 Å². The zero-order chi connectivity index (χ0) is 24.8. The fourth-order valence-corrected chi connectivity index (χ4v) is 3.51. The van der Waals surface area contributed by atoms with Crippen molar-refractivity contribution in [2.24, 2.45) is 7.05 Å². The Morgan fingerprint density at radius 2 is 2.06 bits per heavy atom. The third-order valence-corrected chi connectivity index (χ3v) is 5.32. The normalized spacial score (nSPS) is 11.5. The second-order valence-electron chi connectivity index (χ2n) is 7.87. The molecule has 0 aliphatic heterocycles. The quantitative estimate of drug-likeness (QED) is 0.284. The number of hydrogen-bond acceptors (Lipinski definition) is 8. The van der Waals surface area contributed by atoms with Crippen LogP contribution >= 0.6 is 11.6 Å². The van der Waals surface area contributed by atoms with Gasteiger partial charge in [-0.15, -0.1) is 0 Å². The number of nitrogen functional groups attached to an aromatic ring is 1. The molecule has 35 heavy (non-hydrogen) atoms. The summed E-state index contributed by atoms with van der Waals surface area (Å²) in [7, 11) is 1.85. The van der Waals surface area contributed by atoms with Gasteiger partial charge in [0.2, 0.25) is 5.88 Å². The van der Waals surface area contributed by atoms with Crippen molar-refractivity contribution in [3.05, 3.63) is 59.4 Å². The molecule has 0 fully saturated rings. The average molecular weight is 492 g/mol. The molecule has 0 aliphatic rings. The summed E-state index contributed by atoms with van der Waals surface area (Å²) in [5.74, 6) is 7.73. The van der Waals surface area contributed by atoms with Gasteiger partial charge in [-0.3, -0.25) is 4.68 Å². The lowest BCUT2D eigenvalue weighted by Gasteiger charge is -2.17. The minimum atomic E-state index is 0.0671. The first-order chi connectivity index (χ1) is 16.9. The molecule has 0 aromatic carbocycles. The van der Waals surface area contributed by atoms with Crippen molar-refractivity contribution in [2.45, 2.75) is 32.9 Å². The Kier molecular flexibility index (Phi) is 7.48. The van der Waals surface area contributed by atoms with E-state index in [9.17, 15) is 0 Å². The molecule has 0 unspecified atom stereocenters. The SMILES string of the molecule is CCn1ncc(-c2nccc(N)n2)c1OCC[C@H](C)Nc1cc(Cl)ncc1C#Cc1cnn(C)c1. The first-order valence-electron chi connectivity index (χ1n) is 11.1. The van der Waals surface area contributed by atoms with Gasteiger partial charge in [0.15, 0.2) is 5.82 Å². The van der Waals surface area contributed by atoms with Crippen molar-refractivity contribution in [1.82, 2.24) is 34.5 Å². The molecular weight excluding hydrogens is 466 g/mol. The van der Waals surface area contributed by atoms with Crippen molar-refractivity contribution in [3.8, 4) is 29.1 Å². The summed E-state index contributed by atoms with van der Waals surface area (Å²) in [6.07, 6.45) is 9.25. The van der Waals surface area contributed by atoms with Crippen LogP contribution in [0.3, 0.4) is 0 Å². The smallest absolute Gasteiger partial charge is 0.223 e. The molecule has 4 aromatic heterocycles. The number of ether oxygens (including phenoxy) is 1. The maximum Gasteiger partial charge on any atom is 0.223 e. The molecule has 4 aromatic rings. The third-order valence-electron chi connectivity index (χ3n) is 5.12. The van der Waals surface area contributed by atoms with E-state index in [1.165, 1.54) is 0 Å². The van der Waals surface area contributed by atoms with Crippen LogP contribution in [-0.2, 0) is 13.6 Å². The van der Waals surface area contributed by atoms with Crippen LogP contribution in [0.2, 0.25) is 5.15 Å². The Morgan fingerprint density at radius 3 is 2.80 bits per heavy atom. The molecule has 11 heteroatoms. The van der Waals surface area contributed by atoms with Gasteiger partial charge in [-0.2, -0.15) is 10.2 Å². The van der Waals surface area contributed by atoms with Crippen LogP contribution in [0, 0.1) is 11.8 Å². The van der Waals surface area contributed by atoms with E-state index in [0.29, 0.717) is 47.8 Å². The summed E-state index contributed by atoms with van der Waals surface area (Å²) in [6.45, 7) is 5.16. The third kappa shape index (κ3) is 6.07. The van der Waals surface area contributed by atoms with Crippen LogP contribution in [0.4, 0.5) is 11.5 Å². The van der Waals surface area contributed by atoms with Crippen molar-refractivity contribution in [1.29, 1.82) is 0 Å². The topological polar surface area (TPSA) is 122 Å². The number of halogens is 1. The lowest BCUT2D eigenvalue weighted by atomic mass is 10.2. The molecule has 3 N–H and O–H groups in total. The summed E-state index contributed by atoms with van der Waals surface area (Å²) in [5, 5.41) is 12.4. The predicted molar refractivity (Wildman–Crippen MR) is 135 cm³/mol. The van der Waals surface area contributed by atoms with Crippen LogP contribution in [0.1, 0.15) is 31.4 Å². The molecule has 0 bridgehead atoms. The van der Waals surface area contributed by atoms with E-state index in [1.54, 1.807) is 46.3 Å². The number of pyridine rings is 1. The zero-order valence-electron chi connectivity index (χ0n) is 19.7. The lowest BCUT2D eigenvalue weighted by molar-refractivity contribution is 0.275. The van der Waals surface area contributed by atoms with Crippen LogP contribution in [0.15, 0.2) is 43.1 Å². The van der Waals surface area contributed by atoms with E-state index in [0.717, 1.165) is 16.8 Å². The Bertz CT molecular complexity index is 1370. The fraction of sp³-hybridized carbons (Fsp3) is 0.292. The molecule has 0 amide bonds. The van der Waals surface area contributed by atoms with Crippen molar-refractivity contribution < 1.29 is 4.74 Å². The summed E-state index contributed by atoms with van der Waals surface area (Å²) in [5.41, 5.74) is 8.90. The first kappa shape index (κ1) is 24.0. The lowest BCUT2D eigenvalue weighted by Crippen LogP contribution is -2.20. The first-order valence-corrected chi connectivity index (χ1v) is 11.5. The molecule has 10 nitrogen and oxygen atoms in total. The number of aryl methyl sites for hydroxylation is 2. The summed E-state index contributed by atoms with van der Waals surface area (Å²) in [4.78, 5) is 12.8. The van der Waals surface area contributed by atoms with Gasteiger partial charge in [-0.1, -0.05) is 23.4 Å². The van der Waals surface area contributed by atoms with E-state index in [1.807, 2.05) is 20.2 Å². The average Bonchev–Trinajstić information content (AvgIpc) is 3.44. The minimum absolute atomic E-state index is 0.0671. The second kappa shape index (κ2) is 10.9. The van der Waals surface area contributed by atoms with Crippen molar-refractivity contribution in [2.75, 3.05) is 17.7 Å². The van der Waals surface area contributed by atoms with E-state index in [2.05, 4.69) is 49.2 Å². The largest absolute Gasteiger partial charge is 0.477 e. The van der Waals surface area contributed by atoms with E-state index >= 15 is 0 Å². The number of rotatable bonds is 8. The predicted octanol–water partition coefficient (Wildman–Crippen LogP) is 3.39. The van der Waals surface area contributed by atoms with Gasteiger partial charge in [-0.25, -0.2) is 19.6 Å². The maximum atomic E-state index is 6.15. The van der Waals surface area contributed by atoms with Crippen LogP contribution < -0.4 is 15.8 Å². The Morgan fingerprint density at radius 1 is 1.20 bits per heavy atom. The highest BCUT2D eigenvalue weighted by Gasteiger charge is 2.17. The van der Waals surface area contributed by atoms with Crippen LogP contribution in [-0.4, -0.2) is 47.2 Å². The number of anilines is 2. The number of nitrogens with two attached hydrogens (primary N) is 1. The number of nitrogens with zero attached hydrogens (tertiary/aromatic N) is 7. The molecule has 0 aliphatic carbocycles. The van der Waals surface area contributed by atoms with Gasteiger partial charge in [0, 0.05) is 44.6 Å². The monoisotopic (exact) mass is 491 g/mol. The highest BCUT2D eigenvalue weighted by molar-refractivity contribution is 6.29. The number of hydrogen-bond donors (Lipinski definition) is 2. The molecule has 0 spiro atoms. The molecule has 4 rings (SSSR count). The molecule has 0 radical (unpaired) electrons. The molecule has 0 saturated heterocycles. The standard InChI is InChI=1S/C24H26ClN9O/c1-4-34-24(19(14-30-34)23-27-9-7-22(26)32-23)35-10-8-16(2)31-20-11-21(25)28-13-18(20)6-5-17-12-29-33(3)15-17/h7,9,11-16H,4,8,10H2,1-3H3,(H,28,31)(H2,26,27,32)/t16-/m0/s1. The van der Waals surface area contributed by atoms with Gasteiger partial charge in [0.25, 0.3) is 0 Å². The highest BCUT2D eigenvalue weighted by atomic mass is 35.5. The van der Waals surface area contributed by atoms with E-state index in [4.69, 9.17) is 22.1 Å². The zero-order valence-corrected chi connectivity index (χ0v) is 20.5. The van der Waals surface area contributed by atoms with E-state index in [-0.39, 0.29) is 6.04 Å². The molecule has 180 valence electrons. The Labute approximate surface area is 208 Å². The van der Waals surface area contributed by atoms with Gasteiger partial charge in [0.05, 0.1) is 35.8 Å². The van der Waals surface area contributed by atoms with Crippen LogP contribution in [0.25, 0.3) is 11.4 Å². The fourth-order valence-electron chi connectivity index (χ4n) is 3.35. The highest BCUT2D eigenvalue weighted by Crippen LogP contribution is 2.28. The van der Waals surface area contributed by atoms with Gasteiger partial charge in [-0.05, 0) is 26.0 Å². The maximum absolute atomic E-state index is 6.15. The summed E-state index contributed by atoms with van der Waals surface area (Å²) >= 11 is 6.15. The molecule has 0 saturated carbocycles. The minimum Gasteiger partial charge on any atom is -0.477 e. The molecule has 1 atom stereocenters.